The van der Waals surface area contributed by atoms with Gasteiger partial charge in [0, 0.05) is 41.9 Å². The van der Waals surface area contributed by atoms with Crippen molar-refractivity contribution >= 4 is 5.97 Å². The minimum Gasteiger partial charge on any atom is -0.487 e. The summed E-state index contributed by atoms with van der Waals surface area (Å²) in [5.74, 6) is 2.67. The van der Waals surface area contributed by atoms with Crippen LogP contribution >= 0.6 is 0 Å². The highest BCUT2D eigenvalue weighted by atomic mass is 16.6. The maximum atomic E-state index is 13.1. The molecule has 0 N–H and O–H groups in total. The minimum atomic E-state index is -0.391. The van der Waals surface area contributed by atoms with E-state index in [0.29, 0.717) is 114 Å². The van der Waals surface area contributed by atoms with Gasteiger partial charge in [0.25, 0.3) is 0 Å². The lowest BCUT2D eigenvalue weighted by Gasteiger charge is -2.15. The number of unbranched alkanes of at least 4 members (excludes halogenated alkanes) is 9. The number of para-hydroxylation sites is 2. The molecule has 0 bridgehead atoms. The van der Waals surface area contributed by atoms with Gasteiger partial charge in [-0.25, -0.2) is 13.9 Å². The van der Waals surface area contributed by atoms with E-state index in [1.807, 2.05) is 47.3 Å². The third-order valence-electron chi connectivity index (χ3n) is 14.3. The molecule has 1 aliphatic rings. The fraction of sp³-hybridized carbons (Fsp3) is 0.448. The van der Waals surface area contributed by atoms with E-state index < -0.39 is 5.97 Å². The molecule has 0 amide bonds. The lowest BCUT2D eigenvalue weighted by molar-refractivity contribution is -0.688. The summed E-state index contributed by atoms with van der Waals surface area (Å²) in [5, 5.41) is 8.69. The summed E-state index contributed by atoms with van der Waals surface area (Å²) >= 11 is 0. The normalized spacial score (nSPS) is 14.1. The Hall–Kier alpha value is -7.37. The molecule has 8 rings (SSSR count). The first-order valence-electron chi connectivity index (χ1n) is 29.7. The predicted molar refractivity (Wildman–Crippen MR) is 317 cm³/mol. The molecule has 0 atom stereocenters. The molecule has 0 aliphatic carbocycles. The van der Waals surface area contributed by atoms with E-state index in [-0.39, 0.29) is 6.61 Å². The summed E-state index contributed by atoms with van der Waals surface area (Å²) < 4.78 is 64.6. The molecule has 4 aromatic carbocycles. The zero-order valence-electron chi connectivity index (χ0n) is 49.0. The quantitative estimate of drug-likeness (QED) is 0.0360. The van der Waals surface area contributed by atoms with E-state index in [0.717, 1.165) is 63.2 Å². The second kappa shape index (κ2) is 34.9. The molecule has 16 nitrogen and oxygen atoms in total. The van der Waals surface area contributed by atoms with Crippen molar-refractivity contribution in [1.82, 2.24) is 15.0 Å². The molecule has 0 unspecified atom stereocenters. The Kier molecular flexibility index (Phi) is 26.0. The monoisotopic (exact) mass is 1140 g/mol. The number of fused-ring (bicyclic) bond motifs is 2. The number of hydrogen-bond acceptors (Lipinski definition) is 13. The van der Waals surface area contributed by atoms with Crippen LogP contribution in [0.15, 0.2) is 134 Å². The number of pyridine rings is 2. The average Bonchev–Trinajstić information content (AvgIpc) is 4.03. The second-order valence-electron chi connectivity index (χ2n) is 20.9. The van der Waals surface area contributed by atoms with E-state index in [1.165, 1.54) is 71.0 Å². The van der Waals surface area contributed by atoms with Gasteiger partial charge in [0.2, 0.25) is 0 Å². The Bertz CT molecular complexity index is 2970. The third-order valence-corrected chi connectivity index (χ3v) is 14.3. The number of aryl methyl sites for hydroxylation is 4. The van der Waals surface area contributed by atoms with Gasteiger partial charge in [0.1, 0.15) is 44.5 Å². The standard InChI is InChI=1S/C67H85N5O11/c1-53-46-54(2)62(55(3)47-53)51-71-31-26-58(27-32-71)57-24-29-70(30-25-57)49-56-18-21-61(22-19-56)83-52-60-50-72(69-68-60)28-14-10-8-6-4-5-7-9-11-15-33-82-67(73)59-20-23-65-66(48-59)81-45-41-77-37-36-75-39-43-79-64-17-13-12-16-63(64)78-42-38-74-34-35-76-40-44-80-65/h12-13,16-27,29-32,46-48,50H,4-11,14-15,28,33-45,49,51-52H2,1-3H3/q+2. The summed E-state index contributed by atoms with van der Waals surface area (Å²) in [6.45, 7) is 14.2. The molecule has 0 radical (unpaired) electrons. The first-order valence-corrected chi connectivity index (χ1v) is 29.7. The topological polar surface area (TPSA) is 148 Å². The number of carbonyl (C=O) groups excluding carboxylic acids is 1. The van der Waals surface area contributed by atoms with Crippen molar-refractivity contribution in [3.63, 3.8) is 0 Å². The van der Waals surface area contributed by atoms with Crippen LogP contribution in [-0.2, 0) is 49.9 Å². The molecule has 0 spiro atoms. The highest BCUT2D eigenvalue weighted by Gasteiger charge is 2.16. The summed E-state index contributed by atoms with van der Waals surface area (Å²) in [6.07, 6.45) is 21.9. The van der Waals surface area contributed by atoms with Gasteiger partial charge in [0.05, 0.1) is 71.2 Å². The van der Waals surface area contributed by atoms with Gasteiger partial charge in [-0.2, -0.15) is 0 Å². The Morgan fingerprint density at radius 3 is 1.55 bits per heavy atom. The first-order chi connectivity index (χ1) is 40.8. The second-order valence-corrected chi connectivity index (χ2v) is 20.9. The van der Waals surface area contributed by atoms with Crippen molar-refractivity contribution in [3.8, 4) is 39.9 Å². The van der Waals surface area contributed by atoms with Gasteiger partial charge in [0.15, 0.2) is 60.9 Å². The molecule has 4 heterocycles. The van der Waals surface area contributed by atoms with Crippen LogP contribution in [0.3, 0.4) is 0 Å². The van der Waals surface area contributed by atoms with Crippen LogP contribution in [0.5, 0.6) is 28.7 Å². The molecule has 7 aromatic rings. The molecule has 0 saturated carbocycles. The molecule has 1 aliphatic heterocycles. The molecule has 3 aromatic heterocycles. The summed E-state index contributed by atoms with van der Waals surface area (Å²) in [6, 6.07) is 34.2. The number of benzene rings is 4. The van der Waals surface area contributed by atoms with Crippen molar-refractivity contribution < 1.29 is 61.3 Å². The zero-order valence-corrected chi connectivity index (χ0v) is 49.0. The number of esters is 1. The summed E-state index contributed by atoms with van der Waals surface area (Å²) in [4.78, 5) is 13.1. The number of carbonyl (C=O) groups is 1. The number of ether oxygens (including phenoxy) is 10. The molecular weight excluding hydrogens is 1050 g/mol. The van der Waals surface area contributed by atoms with Crippen LogP contribution in [0.1, 0.15) is 108 Å². The maximum absolute atomic E-state index is 13.1. The van der Waals surface area contributed by atoms with Gasteiger partial charge in [-0.3, -0.25) is 4.68 Å². The SMILES string of the molecule is Cc1cc(C)c(C[n+]2ccc(-c3cc[n+](Cc4ccc(OCc5cn(CCCCCCCCCCCCOC(=O)c6ccc7c(c6)OCCOCCOCCOc6ccccc6OCCOCCOCCO7)nn5)cc4)cc3)cc2)c(C)c1. The molecular formula is C67H85N5O11+2. The smallest absolute Gasteiger partial charge is 0.338 e. The number of aromatic nitrogens is 5. The van der Waals surface area contributed by atoms with Gasteiger partial charge in [-0.1, -0.05) is 86.4 Å². The van der Waals surface area contributed by atoms with Gasteiger partial charge < -0.3 is 47.4 Å². The lowest BCUT2D eigenvalue weighted by atomic mass is 9.99. The molecule has 0 saturated heterocycles. The van der Waals surface area contributed by atoms with Crippen molar-refractivity contribution in [2.75, 3.05) is 85.9 Å². The Morgan fingerprint density at radius 2 is 1.00 bits per heavy atom. The number of hydrogen-bond donors (Lipinski definition) is 0. The van der Waals surface area contributed by atoms with E-state index in [9.17, 15) is 4.79 Å². The maximum Gasteiger partial charge on any atom is 0.338 e. The van der Waals surface area contributed by atoms with E-state index in [1.54, 1.807) is 18.2 Å². The highest BCUT2D eigenvalue weighted by molar-refractivity contribution is 5.90. The van der Waals surface area contributed by atoms with E-state index in [2.05, 4.69) is 114 Å². The van der Waals surface area contributed by atoms with Crippen LogP contribution in [0.25, 0.3) is 11.1 Å². The van der Waals surface area contributed by atoms with E-state index in [4.69, 9.17) is 47.4 Å². The fourth-order valence-electron chi connectivity index (χ4n) is 9.81. The van der Waals surface area contributed by atoms with Crippen molar-refractivity contribution in [2.24, 2.45) is 0 Å². The van der Waals surface area contributed by atoms with Crippen molar-refractivity contribution in [2.45, 2.75) is 111 Å². The van der Waals surface area contributed by atoms with Gasteiger partial charge in [-0.15, -0.1) is 5.10 Å². The minimum absolute atomic E-state index is 0.258. The first kappa shape index (κ1) is 61.7. The lowest BCUT2D eigenvalue weighted by Crippen LogP contribution is -2.34. The number of nitrogens with zero attached hydrogens (tertiary/aromatic N) is 5. The third kappa shape index (κ3) is 21.7. The predicted octanol–water partition coefficient (Wildman–Crippen LogP) is 11.2. The fourth-order valence-corrected chi connectivity index (χ4v) is 9.81. The summed E-state index contributed by atoms with van der Waals surface area (Å²) in [7, 11) is 0. The largest absolute Gasteiger partial charge is 0.487 e. The molecule has 442 valence electrons. The summed E-state index contributed by atoms with van der Waals surface area (Å²) in [5.41, 5.74) is 10.2. The van der Waals surface area contributed by atoms with Crippen LogP contribution in [0.4, 0.5) is 0 Å². The van der Waals surface area contributed by atoms with Crippen LogP contribution < -0.4 is 32.8 Å². The van der Waals surface area contributed by atoms with Crippen LogP contribution in [-0.4, -0.2) is 107 Å². The zero-order chi connectivity index (χ0) is 57.5. The molecule has 16 heteroatoms. The van der Waals surface area contributed by atoms with Gasteiger partial charge in [-0.05, 0) is 110 Å². The Labute approximate surface area is 490 Å². The number of rotatable bonds is 22. The molecule has 0 fully saturated rings. The average molecular weight is 1140 g/mol. The van der Waals surface area contributed by atoms with Crippen molar-refractivity contribution in [1.29, 1.82) is 0 Å². The van der Waals surface area contributed by atoms with E-state index >= 15 is 0 Å². The van der Waals surface area contributed by atoms with Crippen LogP contribution in [0, 0.1) is 20.8 Å². The Morgan fingerprint density at radius 1 is 0.518 bits per heavy atom. The van der Waals surface area contributed by atoms with Crippen LogP contribution in [0.2, 0.25) is 0 Å². The Balaban J connectivity index is 0.634. The van der Waals surface area contributed by atoms with Gasteiger partial charge >= 0.3 is 5.97 Å². The molecule has 83 heavy (non-hydrogen) atoms. The highest BCUT2D eigenvalue weighted by Crippen LogP contribution is 2.30. The van der Waals surface area contributed by atoms with Crippen molar-refractivity contribution in [3.05, 3.63) is 173 Å².